The molecule has 8 nitrogen and oxygen atoms in total. The Morgan fingerprint density at radius 1 is 0.944 bits per heavy atom. The number of carbonyl (C=O) groups excluding carboxylic acids is 2. The van der Waals surface area contributed by atoms with Gasteiger partial charge in [0, 0.05) is 69.6 Å². The fourth-order valence-corrected chi connectivity index (χ4v) is 4.10. The van der Waals surface area contributed by atoms with Crippen LogP contribution in [0.15, 0.2) is 48.5 Å². The molecule has 0 radical (unpaired) electrons. The molecule has 1 aromatic heterocycles. The number of Topliss-reactive ketones (excluding diaryl/α,β-unsaturated/α-hetero) is 1. The van der Waals surface area contributed by atoms with Gasteiger partial charge in [0.05, 0.1) is 5.69 Å². The third kappa shape index (κ3) is 6.12. The van der Waals surface area contributed by atoms with E-state index in [4.69, 9.17) is 0 Å². The minimum atomic E-state index is -0.673. The summed E-state index contributed by atoms with van der Waals surface area (Å²) in [5.74, 6) is -1.04. The van der Waals surface area contributed by atoms with Crippen molar-refractivity contribution < 1.29 is 18.4 Å². The molecule has 1 amide bonds. The molecular weight excluding hydrogens is 466 g/mol. The van der Waals surface area contributed by atoms with Crippen molar-refractivity contribution in [2.75, 3.05) is 41.7 Å². The molecule has 10 heteroatoms. The molecule has 1 fully saturated rings. The number of benzene rings is 2. The van der Waals surface area contributed by atoms with Crippen molar-refractivity contribution in [1.82, 2.24) is 15.1 Å². The van der Waals surface area contributed by atoms with E-state index in [1.54, 1.807) is 6.07 Å². The van der Waals surface area contributed by atoms with Crippen LogP contribution < -0.4 is 15.5 Å². The number of piperazine rings is 1. The fourth-order valence-electron chi connectivity index (χ4n) is 4.10. The number of aromatic nitrogens is 2. The van der Waals surface area contributed by atoms with Crippen molar-refractivity contribution in [3.05, 3.63) is 71.4 Å². The van der Waals surface area contributed by atoms with E-state index in [9.17, 15) is 18.4 Å². The van der Waals surface area contributed by atoms with Gasteiger partial charge in [-0.3, -0.25) is 9.59 Å². The summed E-state index contributed by atoms with van der Waals surface area (Å²) in [6, 6.07) is 12.7. The molecule has 0 unspecified atom stereocenters. The van der Waals surface area contributed by atoms with E-state index in [0.29, 0.717) is 36.6 Å². The van der Waals surface area contributed by atoms with Crippen molar-refractivity contribution in [2.45, 2.75) is 26.8 Å². The lowest BCUT2D eigenvalue weighted by molar-refractivity contribution is -0.131. The van der Waals surface area contributed by atoms with Gasteiger partial charge in [-0.05, 0) is 42.0 Å². The van der Waals surface area contributed by atoms with Crippen molar-refractivity contribution in [3.63, 3.8) is 0 Å². The Morgan fingerprint density at radius 2 is 1.61 bits per heavy atom. The van der Waals surface area contributed by atoms with Crippen LogP contribution in [0, 0.1) is 11.6 Å². The van der Waals surface area contributed by atoms with Crippen LogP contribution in [0.5, 0.6) is 0 Å². The number of hydrogen-bond acceptors (Lipinski definition) is 7. The molecular formula is C26H28F2N6O2. The molecule has 3 aromatic rings. The predicted octanol–water partition coefficient (Wildman–Crippen LogP) is 4.37. The maximum Gasteiger partial charge on any atom is 0.222 e. The van der Waals surface area contributed by atoms with Gasteiger partial charge >= 0.3 is 0 Å². The Balaban J connectivity index is 1.42. The van der Waals surface area contributed by atoms with E-state index in [1.807, 2.05) is 36.1 Å². The standard InChI is InChI=1S/C26H28F2N6O2/c1-3-25(36)34-10-8-33(9-11-34)22-6-4-21(5-7-22)30-24-15-23(26(17(2)35)32-31-24)29-16-18-12-19(27)14-20(28)13-18/h4-7,12-15H,3,8-11,16H2,1-2H3,(H2,29,30,31). The molecule has 1 aliphatic heterocycles. The highest BCUT2D eigenvalue weighted by Crippen LogP contribution is 2.24. The van der Waals surface area contributed by atoms with Gasteiger partial charge in [0.25, 0.3) is 0 Å². The molecule has 188 valence electrons. The largest absolute Gasteiger partial charge is 0.379 e. The lowest BCUT2D eigenvalue weighted by Gasteiger charge is -2.36. The third-order valence-electron chi connectivity index (χ3n) is 5.97. The number of ketones is 1. The third-order valence-corrected chi connectivity index (χ3v) is 5.97. The second kappa shape index (κ2) is 11.1. The molecule has 1 saturated heterocycles. The monoisotopic (exact) mass is 494 g/mol. The molecule has 2 N–H and O–H groups in total. The molecule has 2 heterocycles. The van der Waals surface area contributed by atoms with Crippen molar-refractivity contribution in [2.24, 2.45) is 0 Å². The van der Waals surface area contributed by atoms with Crippen LogP contribution in [0.4, 0.5) is 31.7 Å². The second-order valence-electron chi connectivity index (χ2n) is 8.57. The summed E-state index contributed by atoms with van der Waals surface area (Å²) in [4.78, 5) is 28.0. The Hall–Kier alpha value is -4.08. The molecule has 1 aliphatic rings. The van der Waals surface area contributed by atoms with Gasteiger partial charge in [-0.15, -0.1) is 10.2 Å². The van der Waals surface area contributed by atoms with E-state index in [-0.39, 0.29) is 23.9 Å². The molecule has 0 atom stereocenters. The van der Waals surface area contributed by atoms with Crippen LogP contribution in [0.1, 0.15) is 36.3 Å². The summed E-state index contributed by atoms with van der Waals surface area (Å²) in [6.45, 7) is 6.34. The summed E-state index contributed by atoms with van der Waals surface area (Å²) in [6.07, 6.45) is 0.525. The molecule has 4 rings (SSSR count). The quantitative estimate of drug-likeness (QED) is 0.450. The Morgan fingerprint density at radius 3 is 2.22 bits per heavy atom. The summed E-state index contributed by atoms with van der Waals surface area (Å²) in [5, 5.41) is 14.3. The van der Waals surface area contributed by atoms with Gasteiger partial charge in [-0.25, -0.2) is 8.78 Å². The topological polar surface area (TPSA) is 90.5 Å². The highest BCUT2D eigenvalue weighted by molar-refractivity contribution is 5.97. The smallest absolute Gasteiger partial charge is 0.222 e. The van der Waals surface area contributed by atoms with E-state index in [2.05, 4.69) is 25.7 Å². The number of rotatable bonds is 8. The average molecular weight is 495 g/mol. The van der Waals surface area contributed by atoms with Crippen LogP contribution in [0.2, 0.25) is 0 Å². The van der Waals surface area contributed by atoms with Crippen molar-refractivity contribution in [3.8, 4) is 0 Å². The number of nitrogens with one attached hydrogen (secondary N) is 2. The highest BCUT2D eigenvalue weighted by Gasteiger charge is 2.20. The van der Waals surface area contributed by atoms with Gasteiger partial charge in [0.15, 0.2) is 17.3 Å². The normalized spacial score (nSPS) is 13.4. The van der Waals surface area contributed by atoms with Gasteiger partial charge in [0.2, 0.25) is 5.91 Å². The zero-order valence-corrected chi connectivity index (χ0v) is 20.2. The van der Waals surface area contributed by atoms with Gasteiger partial charge < -0.3 is 20.4 Å². The second-order valence-corrected chi connectivity index (χ2v) is 8.57. The number of carbonyl (C=O) groups is 2. The minimum Gasteiger partial charge on any atom is -0.379 e. The Kier molecular flexibility index (Phi) is 7.72. The predicted molar refractivity (Wildman–Crippen MR) is 135 cm³/mol. The summed E-state index contributed by atoms with van der Waals surface area (Å²) in [7, 11) is 0. The zero-order valence-electron chi connectivity index (χ0n) is 20.2. The molecule has 36 heavy (non-hydrogen) atoms. The highest BCUT2D eigenvalue weighted by atomic mass is 19.1. The van der Waals surface area contributed by atoms with Crippen molar-refractivity contribution in [1.29, 1.82) is 0 Å². The average Bonchev–Trinajstić information content (AvgIpc) is 2.87. The number of nitrogens with zero attached hydrogens (tertiary/aromatic N) is 4. The van der Waals surface area contributed by atoms with Crippen LogP contribution in [-0.2, 0) is 11.3 Å². The van der Waals surface area contributed by atoms with Gasteiger partial charge in [0.1, 0.15) is 11.6 Å². The first-order valence-corrected chi connectivity index (χ1v) is 11.8. The Labute approximate surface area is 208 Å². The lowest BCUT2D eigenvalue weighted by atomic mass is 10.2. The first-order chi connectivity index (χ1) is 17.3. The van der Waals surface area contributed by atoms with Gasteiger partial charge in [-0.1, -0.05) is 6.92 Å². The Bertz CT molecular complexity index is 1220. The maximum absolute atomic E-state index is 13.5. The van der Waals surface area contributed by atoms with Crippen LogP contribution in [-0.4, -0.2) is 53.0 Å². The van der Waals surface area contributed by atoms with Crippen LogP contribution in [0.25, 0.3) is 0 Å². The van der Waals surface area contributed by atoms with Crippen LogP contribution in [0.3, 0.4) is 0 Å². The van der Waals surface area contributed by atoms with Gasteiger partial charge in [-0.2, -0.15) is 0 Å². The minimum absolute atomic E-state index is 0.103. The summed E-state index contributed by atoms with van der Waals surface area (Å²) >= 11 is 0. The fraction of sp³-hybridized carbons (Fsp3) is 0.308. The van der Waals surface area contributed by atoms with Crippen molar-refractivity contribution >= 4 is 34.6 Å². The summed E-state index contributed by atoms with van der Waals surface area (Å²) < 4.78 is 27.0. The number of halogens is 2. The number of anilines is 4. The van der Waals surface area contributed by atoms with E-state index in [1.165, 1.54) is 19.1 Å². The number of hydrogen-bond donors (Lipinski definition) is 2. The maximum atomic E-state index is 13.5. The molecule has 2 aromatic carbocycles. The molecule has 0 bridgehead atoms. The molecule has 0 spiro atoms. The molecule has 0 saturated carbocycles. The zero-order chi connectivity index (χ0) is 25.7. The molecule has 0 aliphatic carbocycles. The first-order valence-electron chi connectivity index (χ1n) is 11.8. The van der Waals surface area contributed by atoms with E-state index in [0.717, 1.165) is 30.5 Å². The van der Waals surface area contributed by atoms with E-state index < -0.39 is 11.6 Å². The number of amides is 1. The summed E-state index contributed by atoms with van der Waals surface area (Å²) in [5.41, 5.74) is 2.77. The van der Waals surface area contributed by atoms with Crippen LogP contribution >= 0.6 is 0 Å². The first kappa shape index (κ1) is 25.0. The lowest BCUT2D eigenvalue weighted by Crippen LogP contribution is -2.48. The van der Waals surface area contributed by atoms with E-state index >= 15 is 0 Å². The SMILES string of the molecule is CCC(=O)N1CCN(c2ccc(Nc3cc(NCc4cc(F)cc(F)c4)c(C(C)=O)nn3)cc2)CC1.